The van der Waals surface area contributed by atoms with E-state index in [0.29, 0.717) is 0 Å². The maximum atomic E-state index is 12.0. The highest BCUT2D eigenvalue weighted by Crippen LogP contribution is 2.42. The summed E-state index contributed by atoms with van der Waals surface area (Å²) in [5, 5.41) is 0. The average molecular weight is 211 g/mol. The number of hydrogen-bond acceptors (Lipinski definition) is 2. The molecule has 1 rings (SSSR count). The first-order valence-corrected chi connectivity index (χ1v) is 5.49. The molecule has 0 aromatic heterocycles. The number of likely N-dealkylation sites (tertiary alicyclic amines) is 1. The van der Waals surface area contributed by atoms with Crippen LogP contribution in [0.3, 0.4) is 0 Å². The van der Waals surface area contributed by atoms with Crippen LogP contribution in [0.1, 0.15) is 34.6 Å². The molecule has 2 amide bonds. The van der Waals surface area contributed by atoms with Gasteiger partial charge in [-0.15, -0.1) is 0 Å². The maximum Gasteiger partial charge on any atom is 0.233 e. The molecule has 0 spiro atoms. The lowest BCUT2D eigenvalue weighted by molar-refractivity contribution is -0.138. The van der Waals surface area contributed by atoms with Crippen LogP contribution in [0.4, 0.5) is 0 Å². The van der Waals surface area contributed by atoms with Gasteiger partial charge in [-0.05, 0) is 11.3 Å². The Labute approximate surface area is 91.8 Å². The van der Waals surface area contributed by atoms with Crippen molar-refractivity contribution in [2.75, 3.05) is 7.05 Å². The standard InChI is InChI=1S/C12H21NO2/c1-7(2)8-9(12(3,4)5)11(15)13(6)10(8)14/h7-9H,1-6H3/t8-,9?/m1/s1. The average Bonchev–Trinajstić information content (AvgIpc) is 2.28. The van der Waals surface area contributed by atoms with Crippen LogP contribution < -0.4 is 0 Å². The number of hydrogen-bond donors (Lipinski definition) is 0. The Kier molecular flexibility index (Phi) is 2.94. The first-order chi connectivity index (χ1) is 6.68. The lowest BCUT2D eigenvalue weighted by atomic mass is 9.71. The minimum absolute atomic E-state index is 0.0186. The molecule has 0 aliphatic carbocycles. The van der Waals surface area contributed by atoms with Crippen molar-refractivity contribution < 1.29 is 9.59 Å². The maximum absolute atomic E-state index is 12.0. The SMILES string of the molecule is CC(C)[C@H]1C(=O)N(C)C(=O)C1C(C)(C)C. The van der Waals surface area contributed by atoms with Crippen molar-refractivity contribution in [3.05, 3.63) is 0 Å². The Morgan fingerprint density at radius 1 is 1.13 bits per heavy atom. The zero-order valence-corrected chi connectivity index (χ0v) is 10.5. The number of carbonyl (C=O) groups excluding carboxylic acids is 2. The molecule has 2 atom stereocenters. The molecule has 1 unspecified atom stereocenters. The van der Waals surface area contributed by atoms with E-state index >= 15 is 0 Å². The second-order valence-corrected chi connectivity index (χ2v) is 5.85. The van der Waals surface area contributed by atoms with Crippen LogP contribution in [-0.2, 0) is 9.59 Å². The van der Waals surface area contributed by atoms with Gasteiger partial charge in [0.15, 0.2) is 0 Å². The van der Waals surface area contributed by atoms with Gasteiger partial charge in [-0.25, -0.2) is 0 Å². The van der Waals surface area contributed by atoms with Gasteiger partial charge in [0.25, 0.3) is 0 Å². The van der Waals surface area contributed by atoms with Crippen molar-refractivity contribution in [1.29, 1.82) is 0 Å². The van der Waals surface area contributed by atoms with Crippen LogP contribution in [0.2, 0.25) is 0 Å². The van der Waals surface area contributed by atoms with Gasteiger partial charge in [0.2, 0.25) is 11.8 Å². The van der Waals surface area contributed by atoms with Gasteiger partial charge in [-0.3, -0.25) is 14.5 Å². The van der Waals surface area contributed by atoms with E-state index in [0.717, 1.165) is 0 Å². The summed E-state index contributed by atoms with van der Waals surface area (Å²) in [6, 6.07) is 0. The zero-order chi connectivity index (χ0) is 12.0. The van der Waals surface area contributed by atoms with Gasteiger partial charge >= 0.3 is 0 Å². The van der Waals surface area contributed by atoms with Gasteiger partial charge < -0.3 is 0 Å². The number of amides is 2. The van der Waals surface area contributed by atoms with Crippen LogP contribution in [0.15, 0.2) is 0 Å². The molecule has 0 aromatic carbocycles. The Morgan fingerprint density at radius 2 is 1.60 bits per heavy atom. The van der Waals surface area contributed by atoms with E-state index in [1.165, 1.54) is 4.90 Å². The highest BCUT2D eigenvalue weighted by Gasteiger charge is 2.51. The minimum atomic E-state index is -0.171. The molecule has 0 saturated carbocycles. The predicted octanol–water partition coefficient (Wildman–Crippen LogP) is 1.92. The minimum Gasteiger partial charge on any atom is -0.285 e. The van der Waals surface area contributed by atoms with Gasteiger partial charge in [-0.2, -0.15) is 0 Å². The van der Waals surface area contributed by atoms with E-state index in [1.807, 2.05) is 34.6 Å². The largest absolute Gasteiger partial charge is 0.285 e. The van der Waals surface area contributed by atoms with Crippen molar-refractivity contribution in [1.82, 2.24) is 4.90 Å². The molecule has 1 fully saturated rings. The van der Waals surface area contributed by atoms with Crippen LogP contribution in [0.5, 0.6) is 0 Å². The third-order valence-electron chi connectivity index (χ3n) is 3.22. The van der Waals surface area contributed by atoms with E-state index in [4.69, 9.17) is 0 Å². The first-order valence-electron chi connectivity index (χ1n) is 5.49. The molecular weight excluding hydrogens is 190 g/mol. The topological polar surface area (TPSA) is 37.4 Å². The number of nitrogens with zero attached hydrogens (tertiary/aromatic N) is 1. The second-order valence-electron chi connectivity index (χ2n) is 5.85. The molecule has 0 radical (unpaired) electrons. The molecule has 1 heterocycles. The van der Waals surface area contributed by atoms with Crippen LogP contribution in [-0.4, -0.2) is 23.8 Å². The van der Waals surface area contributed by atoms with E-state index in [2.05, 4.69) is 0 Å². The van der Waals surface area contributed by atoms with Crippen LogP contribution in [0.25, 0.3) is 0 Å². The van der Waals surface area contributed by atoms with Crippen molar-refractivity contribution in [3.8, 4) is 0 Å². The number of carbonyl (C=O) groups is 2. The van der Waals surface area contributed by atoms with Crippen molar-refractivity contribution in [2.24, 2.45) is 23.2 Å². The van der Waals surface area contributed by atoms with Crippen LogP contribution in [0, 0.1) is 23.2 Å². The lowest BCUT2D eigenvalue weighted by Crippen LogP contribution is -2.34. The fraction of sp³-hybridized carbons (Fsp3) is 0.833. The lowest BCUT2D eigenvalue weighted by Gasteiger charge is -2.30. The molecule has 0 aromatic rings. The quantitative estimate of drug-likeness (QED) is 0.621. The molecule has 1 aliphatic heterocycles. The van der Waals surface area contributed by atoms with E-state index < -0.39 is 0 Å². The monoisotopic (exact) mass is 211 g/mol. The highest BCUT2D eigenvalue weighted by molar-refractivity contribution is 6.05. The fourth-order valence-corrected chi connectivity index (χ4v) is 2.42. The van der Waals surface area contributed by atoms with Crippen molar-refractivity contribution in [3.63, 3.8) is 0 Å². The summed E-state index contributed by atoms with van der Waals surface area (Å²) in [6.45, 7) is 10.1. The zero-order valence-electron chi connectivity index (χ0n) is 10.5. The Balaban J connectivity index is 3.12. The van der Waals surface area contributed by atoms with Gasteiger partial charge in [0, 0.05) is 7.05 Å². The summed E-state index contributed by atoms with van der Waals surface area (Å²) < 4.78 is 0. The molecule has 86 valence electrons. The number of imide groups is 1. The van der Waals surface area contributed by atoms with Crippen LogP contribution >= 0.6 is 0 Å². The van der Waals surface area contributed by atoms with Gasteiger partial charge in [0.05, 0.1) is 11.8 Å². The molecule has 1 aliphatic rings. The molecule has 3 nitrogen and oxygen atoms in total. The first kappa shape index (κ1) is 12.2. The van der Waals surface area contributed by atoms with Gasteiger partial charge in [0.1, 0.15) is 0 Å². The molecule has 3 heteroatoms. The van der Waals surface area contributed by atoms with E-state index in [1.54, 1.807) is 7.05 Å². The molecule has 0 N–H and O–H groups in total. The molecule has 15 heavy (non-hydrogen) atoms. The predicted molar refractivity (Wildman–Crippen MR) is 59.1 cm³/mol. The fourth-order valence-electron chi connectivity index (χ4n) is 2.42. The van der Waals surface area contributed by atoms with Gasteiger partial charge in [-0.1, -0.05) is 34.6 Å². The summed E-state index contributed by atoms with van der Waals surface area (Å²) in [5.74, 6) is -0.144. The van der Waals surface area contributed by atoms with Crippen molar-refractivity contribution >= 4 is 11.8 Å². The Hall–Kier alpha value is -0.860. The van der Waals surface area contributed by atoms with E-state index in [-0.39, 0.29) is 35.0 Å². The molecule has 1 saturated heterocycles. The molecular formula is C12H21NO2. The molecule has 0 bridgehead atoms. The second kappa shape index (κ2) is 3.62. The normalized spacial score (nSPS) is 28.1. The number of rotatable bonds is 1. The highest BCUT2D eigenvalue weighted by atomic mass is 16.2. The van der Waals surface area contributed by atoms with E-state index in [9.17, 15) is 9.59 Å². The summed E-state index contributed by atoms with van der Waals surface area (Å²) in [5.41, 5.74) is -0.146. The summed E-state index contributed by atoms with van der Waals surface area (Å²) in [6.07, 6.45) is 0. The third kappa shape index (κ3) is 1.92. The third-order valence-corrected chi connectivity index (χ3v) is 3.22. The van der Waals surface area contributed by atoms with Crippen molar-refractivity contribution in [2.45, 2.75) is 34.6 Å². The summed E-state index contributed by atoms with van der Waals surface area (Å²) in [7, 11) is 1.59. The summed E-state index contributed by atoms with van der Waals surface area (Å²) >= 11 is 0. The Bertz CT molecular complexity index is 288. The smallest absolute Gasteiger partial charge is 0.233 e. The Morgan fingerprint density at radius 3 is 1.87 bits per heavy atom. The summed E-state index contributed by atoms with van der Waals surface area (Å²) in [4.78, 5) is 25.2.